The fraction of sp³-hybridized carbons (Fsp3) is 0.278. The summed E-state index contributed by atoms with van der Waals surface area (Å²) in [4.78, 5) is 2.19. The van der Waals surface area contributed by atoms with Crippen molar-refractivity contribution in [3.63, 3.8) is 0 Å². The number of anilines is 1. The number of nitrogens with zero attached hydrogens (tertiary/aromatic N) is 1. The molecule has 2 N–H and O–H groups in total. The minimum Gasteiger partial charge on any atom is -0.361 e. The van der Waals surface area contributed by atoms with Crippen molar-refractivity contribution in [1.82, 2.24) is 10.2 Å². The number of likely N-dealkylation sites (N-methyl/N-ethyl adjacent to an activating group) is 1. The zero-order valence-electron chi connectivity index (χ0n) is 13.3. The van der Waals surface area contributed by atoms with Crippen LogP contribution in [0, 0.1) is 6.92 Å². The van der Waals surface area contributed by atoms with E-state index in [0.29, 0.717) is 5.11 Å². The number of hydrogen-bond acceptors (Lipinski definition) is 2. The summed E-state index contributed by atoms with van der Waals surface area (Å²) in [6, 6.07) is 18.9. The Morgan fingerprint density at radius 3 is 2.27 bits per heavy atom. The predicted molar refractivity (Wildman–Crippen MR) is 98.3 cm³/mol. The van der Waals surface area contributed by atoms with Crippen LogP contribution in [0.3, 0.4) is 0 Å². The van der Waals surface area contributed by atoms with Gasteiger partial charge in [-0.2, -0.15) is 0 Å². The van der Waals surface area contributed by atoms with Crippen molar-refractivity contribution in [3.8, 4) is 0 Å². The number of rotatable bonds is 5. The number of nitrogens with one attached hydrogen (secondary N) is 2. The first-order valence-electron chi connectivity index (χ1n) is 7.39. The highest BCUT2D eigenvalue weighted by molar-refractivity contribution is 7.80. The average Bonchev–Trinajstić information content (AvgIpc) is 2.50. The van der Waals surface area contributed by atoms with E-state index in [1.807, 2.05) is 18.2 Å². The summed E-state index contributed by atoms with van der Waals surface area (Å²) in [7, 11) is 4.16. The number of hydrogen-bond donors (Lipinski definition) is 2. The highest BCUT2D eigenvalue weighted by Gasteiger charge is 2.13. The summed E-state index contributed by atoms with van der Waals surface area (Å²) in [5.74, 6) is 0. The van der Waals surface area contributed by atoms with Crippen LogP contribution in [0.25, 0.3) is 0 Å². The summed E-state index contributed by atoms with van der Waals surface area (Å²) >= 11 is 5.38. The SMILES string of the molecule is Cc1ccc(NC(=S)NC[C@@H](c2ccccc2)N(C)C)cc1. The second-order valence-corrected chi connectivity index (χ2v) is 6.00. The molecule has 0 fully saturated rings. The molecule has 3 nitrogen and oxygen atoms in total. The molecule has 116 valence electrons. The molecule has 0 radical (unpaired) electrons. The lowest BCUT2D eigenvalue weighted by Crippen LogP contribution is -2.36. The molecule has 0 aliphatic rings. The summed E-state index contributed by atoms with van der Waals surface area (Å²) < 4.78 is 0. The quantitative estimate of drug-likeness (QED) is 0.825. The van der Waals surface area contributed by atoms with Gasteiger partial charge in [-0.15, -0.1) is 0 Å². The molecule has 0 aromatic heterocycles. The van der Waals surface area contributed by atoms with Crippen LogP contribution in [0.1, 0.15) is 17.2 Å². The van der Waals surface area contributed by atoms with Gasteiger partial charge in [0.2, 0.25) is 0 Å². The molecule has 2 rings (SSSR count). The maximum atomic E-state index is 5.38. The van der Waals surface area contributed by atoms with Crippen LogP contribution in [0.2, 0.25) is 0 Å². The molecule has 0 heterocycles. The molecule has 0 saturated heterocycles. The molecule has 0 spiro atoms. The van der Waals surface area contributed by atoms with Crippen LogP contribution in [-0.2, 0) is 0 Å². The Labute approximate surface area is 138 Å². The van der Waals surface area contributed by atoms with Crippen molar-refractivity contribution in [2.75, 3.05) is 26.0 Å². The molecule has 1 atom stereocenters. The molecular weight excluding hydrogens is 290 g/mol. The molecule has 4 heteroatoms. The van der Waals surface area contributed by atoms with E-state index in [1.165, 1.54) is 11.1 Å². The smallest absolute Gasteiger partial charge is 0.170 e. The lowest BCUT2D eigenvalue weighted by Gasteiger charge is -2.25. The topological polar surface area (TPSA) is 27.3 Å². The van der Waals surface area contributed by atoms with Gasteiger partial charge in [0, 0.05) is 12.2 Å². The Kier molecular flexibility index (Phi) is 5.92. The van der Waals surface area contributed by atoms with Crippen LogP contribution in [0.4, 0.5) is 5.69 Å². The molecular formula is C18H23N3S. The van der Waals surface area contributed by atoms with Crippen LogP contribution >= 0.6 is 12.2 Å². The van der Waals surface area contributed by atoms with Gasteiger partial charge < -0.3 is 15.5 Å². The Morgan fingerprint density at radius 2 is 1.68 bits per heavy atom. The Morgan fingerprint density at radius 1 is 1.05 bits per heavy atom. The molecule has 2 aromatic carbocycles. The minimum atomic E-state index is 0.277. The molecule has 0 unspecified atom stereocenters. The molecule has 2 aromatic rings. The fourth-order valence-electron chi connectivity index (χ4n) is 2.28. The van der Waals surface area contributed by atoms with E-state index in [9.17, 15) is 0 Å². The Balaban J connectivity index is 1.92. The first kappa shape index (κ1) is 16.5. The van der Waals surface area contributed by atoms with Crippen LogP contribution in [0.5, 0.6) is 0 Å². The normalized spacial score (nSPS) is 12.0. The maximum Gasteiger partial charge on any atom is 0.170 e. The zero-order valence-corrected chi connectivity index (χ0v) is 14.2. The number of benzene rings is 2. The van der Waals surface area contributed by atoms with Gasteiger partial charge in [0.1, 0.15) is 0 Å². The van der Waals surface area contributed by atoms with Crippen molar-refractivity contribution in [2.45, 2.75) is 13.0 Å². The summed E-state index contributed by atoms with van der Waals surface area (Å²) in [5.41, 5.74) is 3.52. The molecule has 0 aliphatic heterocycles. The molecule has 0 saturated carbocycles. The van der Waals surface area contributed by atoms with Gasteiger partial charge in [0.15, 0.2) is 5.11 Å². The Hall–Kier alpha value is -1.91. The van der Waals surface area contributed by atoms with Crippen LogP contribution in [0.15, 0.2) is 54.6 Å². The van der Waals surface area contributed by atoms with Crippen molar-refractivity contribution < 1.29 is 0 Å². The monoisotopic (exact) mass is 313 g/mol. The second-order valence-electron chi connectivity index (χ2n) is 5.59. The van der Waals surface area contributed by atoms with Crippen molar-refractivity contribution in [1.29, 1.82) is 0 Å². The van der Waals surface area contributed by atoms with Crippen LogP contribution in [-0.4, -0.2) is 30.7 Å². The van der Waals surface area contributed by atoms with E-state index in [4.69, 9.17) is 12.2 Å². The fourth-order valence-corrected chi connectivity index (χ4v) is 2.48. The molecule has 0 bridgehead atoms. The van der Waals surface area contributed by atoms with E-state index < -0.39 is 0 Å². The largest absolute Gasteiger partial charge is 0.361 e. The van der Waals surface area contributed by atoms with E-state index in [-0.39, 0.29) is 6.04 Å². The Bertz CT molecular complexity index is 593. The summed E-state index contributed by atoms with van der Waals surface area (Å²) in [6.07, 6.45) is 0. The third kappa shape index (κ3) is 4.83. The minimum absolute atomic E-state index is 0.277. The van der Waals surface area contributed by atoms with E-state index in [1.54, 1.807) is 0 Å². The van der Waals surface area contributed by atoms with Crippen molar-refractivity contribution in [3.05, 3.63) is 65.7 Å². The second kappa shape index (κ2) is 7.92. The van der Waals surface area contributed by atoms with Gasteiger partial charge in [-0.05, 0) is 50.9 Å². The lowest BCUT2D eigenvalue weighted by atomic mass is 10.1. The molecule has 0 amide bonds. The summed E-state index contributed by atoms with van der Waals surface area (Å²) in [5, 5.41) is 7.17. The van der Waals surface area contributed by atoms with E-state index >= 15 is 0 Å². The maximum absolute atomic E-state index is 5.38. The van der Waals surface area contributed by atoms with Gasteiger partial charge in [0.25, 0.3) is 0 Å². The van der Waals surface area contributed by atoms with Crippen molar-refractivity contribution in [2.24, 2.45) is 0 Å². The van der Waals surface area contributed by atoms with Crippen molar-refractivity contribution >= 4 is 23.0 Å². The average molecular weight is 313 g/mol. The van der Waals surface area contributed by atoms with Gasteiger partial charge in [-0.25, -0.2) is 0 Å². The van der Waals surface area contributed by atoms with Gasteiger partial charge >= 0.3 is 0 Å². The molecule has 22 heavy (non-hydrogen) atoms. The number of thiocarbonyl (C=S) groups is 1. The lowest BCUT2D eigenvalue weighted by molar-refractivity contribution is 0.299. The van der Waals surface area contributed by atoms with Crippen LogP contribution < -0.4 is 10.6 Å². The van der Waals surface area contributed by atoms with Gasteiger partial charge in [-0.1, -0.05) is 48.0 Å². The highest BCUT2D eigenvalue weighted by Crippen LogP contribution is 2.16. The third-order valence-corrected chi connectivity index (χ3v) is 3.82. The van der Waals surface area contributed by atoms with E-state index in [2.05, 4.69) is 73.0 Å². The standard InChI is InChI=1S/C18H23N3S/c1-14-9-11-16(12-10-14)20-18(22)19-13-17(21(2)3)15-7-5-4-6-8-15/h4-12,17H,13H2,1-3H3,(H2,19,20,22)/t17-/m0/s1. The van der Waals surface area contributed by atoms with E-state index in [0.717, 1.165) is 12.2 Å². The predicted octanol–water partition coefficient (Wildman–Crippen LogP) is 3.58. The van der Waals surface area contributed by atoms with Gasteiger partial charge in [0.05, 0.1) is 6.04 Å². The number of aryl methyl sites for hydroxylation is 1. The summed E-state index contributed by atoms with van der Waals surface area (Å²) in [6.45, 7) is 2.83. The third-order valence-electron chi connectivity index (χ3n) is 3.57. The zero-order chi connectivity index (χ0) is 15.9. The first-order chi connectivity index (χ1) is 10.6. The highest BCUT2D eigenvalue weighted by atomic mass is 32.1. The molecule has 0 aliphatic carbocycles. The van der Waals surface area contributed by atoms with Gasteiger partial charge in [-0.3, -0.25) is 0 Å². The first-order valence-corrected chi connectivity index (χ1v) is 7.80.